The molecule has 1 aliphatic rings. The number of carboxylic acid groups (broad SMARTS) is 1. The quantitative estimate of drug-likeness (QED) is 0.913. The first kappa shape index (κ1) is 14.3. The van der Waals surface area contributed by atoms with Crippen LogP contribution in [0.2, 0.25) is 0 Å². The summed E-state index contributed by atoms with van der Waals surface area (Å²) in [5, 5.41) is 13.6. The highest BCUT2D eigenvalue weighted by molar-refractivity contribution is 5.95. The van der Waals surface area contributed by atoms with E-state index < -0.39 is 11.9 Å². The lowest BCUT2D eigenvalue weighted by molar-refractivity contribution is -0.139. The summed E-state index contributed by atoms with van der Waals surface area (Å²) in [6, 6.07) is 7.39. The molecule has 0 fully saturated rings. The predicted octanol–water partition coefficient (Wildman–Crippen LogP) is 1.55. The van der Waals surface area contributed by atoms with E-state index in [1.807, 2.05) is 24.3 Å². The summed E-state index contributed by atoms with van der Waals surface area (Å²) >= 11 is 0. The molecule has 0 bridgehead atoms. The van der Waals surface area contributed by atoms with Gasteiger partial charge in [-0.1, -0.05) is 24.3 Å². The molecule has 0 saturated heterocycles. The van der Waals surface area contributed by atoms with Crippen molar-refractivity contribution in [2.45, 2.75) is 19.4 Å². The second kappa shape index (κ2) is 5.29. The van der Waals surface area contributed by atoms with E-state index in [1.54, 1.807) is 29.7 Å². The van der Waals surface area contributed by atoms with Crippen LogP contribution in [0.3, 0.4) is 0 Å². The Morgan fingerprint density at radius 3 is 2.68 bits per heavy atom. The topological polar surface area (TPSA) is 75.4 Å². The molecule has 2 heterocycles. The van der Waals surface area contributed by atoms with Gasteiger partial charge < -0.3 is 10.0 Å². The molecule has 0 radical (unpaired) electrons. The van der Waals surface area contributed by atoms with E-state index in [-0.39, 0.29) is 12.5 Å². The third-order valence-electron chi connectivity index (χ3n) is 4.02. The molecule has 1 aromatic carbocycles. The normalized spacial score (nSPS) is 17.2. The van der Waals surface area contributed by atoms with Crippen LogP contribution in [-0.2, 0) is 18.4 Å². The largest absolute Gasteiger partial charge is 0.481 e. The van der Waals surface area contributed by atoms with E-state index in [0.717, 1.165) is 11.1 Å². The Morgan fingerprint density at radius 1 is 1.32 bits per heavy atom. The minimum Gasteiger partial charge on any atom is -0.481 e. The van der Waals surface area contributed by atoms with Gasteiger partial charge in [-0.05, 0) is 18.1 Å². The van der Waals surface area contributed by atoms with Gasteiger partial charge in [0.25, 0.3) is 5.91 Å². The van der Waals surface area contributed by atoms with Gasteiger partial charge in [0, 0.05) is 26.3 Å². The van der Waals surface area contributed by atoms with Crippen LogP contribution in [0.5, 0.6) is 0 Å². The van der Waals surface area contributed by atoms with Crippen molar-refractivity contribution in [1.82, 2.24) is 14.7 Å². The van der Waals surface area contributed by atoms with Gasteiger partial charge in [0.05, 0.1) is 17.2 Å². The molecule has 1 atom stereocenters. The lowest BCUT2D eigenvalue weighted by atomic mass is 9.89. The summed E-state index contributed by atoms with van der Waals surface area (Å²) in [7, 11) is 1.76. The van der Waals surface area contributed by atoms with Crippen molar-refractivity contribution >= 4 is 11.9 Å². The number of carbonyl (C=O) groups excluding carboxylic acids is 1. The van der Waals surface area contributed by atoms with Crippen molar-refractivity contribution in [3.05, 3.63) is 52.8 Å². The smallest absolute Gasteiger partial charge is 0.312 e. The molecule has 22 heavy (non-hydrogen) atoms. The van der Waals surface area contributed by atoms with Crippen molar-refractivity contribution in [3.8, 4) is 0 Å². The zero-order chi connectivity index (χ0) is 15.9. The van der Waals surface area contributed by atoms with Crippen LogP contribution in [0.4, 0.5) is 0 Å². The molecule has 114 valence electrons. The molecule has 1 unspecified atom stereocenters. The van der Waals surface area contributed by atoms with Gasteiger partial charge in [-0.2, -0.15) is 5.10 Å². The first-order valence-corrected chi connectivity index (χ1v) is 7.07. The number of amides is 1. The molecule has 6 nitrogen and oxygen atoms in total. The van der Waals surface area contributed by atoms with E-state index in [0.29, 0.717) is 17.8 Å². The molecular formula is C16H17N3O3. The third-order valence-corrected chi connectivity index (χ3v) is 4.02. The van der Waals surface area contributed by atoms with E-state index in [1.165, 1.54) is 0 Å². The maximum absolute atomic E-state index is 12.7. The van der Waals surface area contributed by atoms with Crippen molar-refractivity contribution in [3.63, 3.8) is 0 Å². The summed E-state index contributed by atoms with van der Waals surface area (Å²) in [4.78, 5) is 25.8. The highest BCUT2D eigenvalue weighted by Crippen LogP contribution is 2.29. The average Bonchev–Trinajstić information content (AvgIpc) is 2.83. The highest BCUT2D eigenvalue weighted by atomic mass is 16.4. The number of hydrogen-bond donors (Lipinski definition) is 1. The number of carbonyl (C=O) groups is 2. The van der Waals surface area contributed by atoms with Crippen LogP contribution < -0.4 is 0 Å². The standard InChI is InChI=1S/C16H17N3O3/c1-10-13(8-18(2)17-10)15(20)19-7-11-5-3-4-6-12(11)14(9-19)16(21)22/h3-6,8,14H,7,9H2,1-2H3,(H,21,22). The number of aryl methyl sites for hydroxylation is 2. The zero-order valence-electron chi connectivity index (χ0n) is 12.5. The Labute approximate surface area is 128 Å². The van der Waals surface area contributed by atoms with Gasteiger partial charge in [-0.15, -0.1) is 0 Å². The van der Waals surface area contributed by atoms with E-state index in [4.69, 9.17) is 0 Å². The number of rotatable bonds is 2. The number of aliphatic carboxylic acids is 1. The number of carboxylic acids is 1. The minimum absolute atomic E-state index is 0.175. The Kier molecular flexibility index (Phi) is 3.44. The minimum atomic E-state index is -0.909. The SMILES string of the molecule is Cc1nn(C)cc1C(=O)N1Cc2ccccc2C(C(=O)O)C1. The van der Waals surface area contributed by atoms with E-state index >= 15 is 0 Å². The second-order valence-corrected chi connectivity index (χ2v) is 5.58. The molecule has 0 spiro atoms. The molecule has 1 N–H and O–H groups in total. The number of nitrogens with zero attached hydrogens (tertiary/aromatic N) is 3. The Hall–Kier alpha value is -2.63. The van der Waals surface area contributed by atoms with Crippen LogP contribution in [0, 0.1) is 6.92 Å². The Morgan fingerprint density at radius 2 is 2.05 bits per heavy atom. The fourth-order valence-corrected chi connectivity index (χ4v) is 2.95. The molecule has 0 aliphatic carbocycles. The van der Waals surface area contributed by atoms with E-state index in [9.17, 15) is 14.7 Å². The lowest BCUT2D eigenvalue weighted by Gasteiger charge is -2.32. The van der Waals surface area contributed by atoms with Crippen molar-refractivity contribution in [1.29, 1.82) is 0 Å². The fourth-order valence-electron chi connectivity index (χ4n) is 2.95. The van der Waals surface area contributed by atoms with Gasteiger partial charge in [-0.3, -0.25) is 14.3 Å². The molecule has 2 aromatic rings. The summed E-state index contributed by atoms with van der Waals surface area (Å²) < 4.78 is 1.59. The lowest BCUT2D eigenvalue weighted by Crippen LogP contribution is -2.40. The molecule has 1 amide bonds. The van der Waals surface area contributed by atoms with Gasteiger partial charge in [0.2, 0.25) is 0 Å². The molecule has 0 saturated carbocycles. The van der Waals surface area contributed by atoms with Gasteiger partial charge in [-0.25, -0.2) is 0 Å². The summed E-state index contributed by atoms with van der Waals surface area (Å²) in [6.45, 7) is 2.38. The molecular weight excluding hydrogens is 282 g/mol. The Bertz CT molecular complexity index is 751. The van der Waals surface area contributed by atoms with Crippen LogP contribution >= 0.6 is 0 Å². The number of aromatic nitrogens is 2. The maximum Gasteiger partial charge on any atom is 0.312 e. The molecule has 3 rings (SSSR count). The summed E-state index contributed by atoms with van der Waals surface area (Å²) in [6.07, 6.45) is 1.67. The molecule has 6 heteroatoms. The molecule has 1 aliphatic heterocycles. The second-order valence-electron chi connectivity index (χ2n) is 5.58. The highest BCUT2D eigenvalue weighted by Gasteiger charge is 2.33. The van der Waals surface area contributed by atoms with Crippen LogP contribution in [-0.4, -0.2) is 38.2 Å². The monoisotopic (exact) mass is 299 g/mol. The fraction of sp³-hybridized carbons (Fsp3) is 0.312. The maximum atomic E-state index is 12.7. The van der Waals surface area contributed by atoms with Crippen LogP contribution in [0.1, 0.15) is 33.1 Å². The van der Waals surface area contributed by atoms with Crippen molar-refractivity contribution in [2.75, 3.05) is 6.54 Å². The van der Waals surface area contributed by atoms with Crippen LogP contribution in [0.25, 0.3) is 0 Å². The van der Waals surface area contributed by atoms with Gasteiger partial charge in [0.1, 0.15) is 0 Å². The zero-order valence-corrected chi connectivity index (χ0v) is 12.5. The number of benzene rings is 1. The summed E-state index contributed by atoms with van der Waals surface area (Å²) in [5.74, 6) is -1.77. The predicted molar refractivity (Wildman–Crippen MR) is 79.5 cm³/mol. The molecule has 1 aromatic heterocycles. The number of fused-ring (bicyclic) bond motifs is 1. The Balaban J connectivity index is 1.95. The van der Waals surface area contributed by atoms with Crippen molar-refractivity contribution in [2.24, 2.45) is 7.05 Å². The summed E-state index contributed by atoms with van der Waals surface area (Å²) in [5.41, 5.74) is 2.85. The van der Waals surface area contributed by atoms with Crippen molar-refractivity contribution < 1.29 is 14.7 Å². The van der Waals surface area contributed by atoms with Gasteiger partial charge in [0.15, 0.2) is 0 Å². The average molecular weight is 299 g/mol. The number of hydrogen-bond acceptors (Lipinski definition) is 3. The van der Waals surface area contributed by atoms with Crippen LogP contribution in [0.15, 0.2) is 30.5 Å². The third kappa shape index (κ3) is 2.36. The van der Waals surface area contributed by atoms with Gasteiger partial charge >= 0.3 is 5.97 Å². The first-order chi connectivity index (χ1) is 10.5. The first-order valence-electron chi connectivity index (χ1n) is 7.07. The van der Waals surface area contributed by atoms with E-state index in [2.05, 4.69) is 5.10 Å².